The van der Waals surface area contributed by atoms with Crippen molar-refractivity contribution in [1.82, 2.24) is 25.0 Å². The van der Waals surface area contributed by atoms with Crippen LogP contribution < -0.4 is 5.32 Å². The summed E-state index contributed by atoms with van der Waals surface area (Å²) < 4.78 is 2.11. The lowest BCUT2D eigenvalue weighted by molar-refractivity contribution is 0.0939. The molecule has 1 saturated carbocycles. The minimum Gasteiger partial charge on any atom is -0.352 e. The van der Waals surface area contributed by atoms with Crippen molar-refractivity contribution in [2.75, 3.05) is 19.6 Å². The zero-order valence-electron chi connectivity index (χ0n) is 15.2. The first-order valence-corrected chi connectivity index (χ1v) is 9.69. The number of pyridine rings is 1. The van der Waals surface area contributed by atoms with Gasteiger partial charge in [0.15, 0.2) is 0 Å². The van der Waals surface area contributed by atoms with Crippen molar-refractivity contribution >= 4 is 5.91 Å². The maximum atomic E-state index is 12.3. The van der Waals surface area contributed by atoms with Crippen LogP contribution in [-0.2, 0) is 13.1 Å². The molecule has 6 heteroatoms. The second-order valence-corrected chi connectivity index (χ2v) is 7.67. The third-order valence-electron chi connectivity index (χ3n) is 5.60. The Hall–Kier alpha value is -2.21. The monoisotopic (exact) mass is 353 g/mol. The third kappa shape index (κ3) is 4.12. The molecule has 0 spiro atoms. The summed E-state index contributed by atoms with van der Waals surface area (Å²) in [5.41, 5.74) is 1.90. The molecule has 138 valence electrons. The molecule has 0 bridgehead atoms. The fourth-order valence-electron chi connectivity index (χ4n) is 4.28. The molecule has 1 atom stereocenters. The van der Waals surface area contributed by atoms with Crippen LogP contribution in [0.5, 0.6) is 0 Å². The van der Waals surface area contributed by atoms with Gasteiger partial charge in [0.25, 0.3) is 5.91 Å². The molecule has 4 rings (SSSR count). The highest BCUT2D eigenvalue weighted by molar-refractivity contribution is 5.93. The van der Waals surface area contributed by atoms with Crippen molar-refractivity contribution in [3.05, 3.63) is 48.0 Å². The number of nitrogens with zero attached hydrogens (tertiary/aromatic N) is 4. The first-order chi connectivity index (χ1) is 12.8. The van der Waals surface area contributed by atoms with E-state index in [-0.39, 0.29) is 5.91 Å². The van der Waals surface area contributed by atoms with Gasteiger partial charge >= 0.3 is 0 Å². The fraction of sp³-hybridized carbons (Fsp3) is 0.550. The predicted molar refractivity (Wildman–Crippen MR) is 99.5 cm³/mol. The van der Waals surface area contributed by atoms with E-state index in [0.717, 1.165) is 32.1 Å². The van der Waals surface area contributed by atoms with Crippen LogP contribution in [0.2, 0.25) is 0 Å². The van der Waals surface area contributed by atoms with Gasteiger partial charge in [-0.3, -0.25) is 19.4 Å². The number of rotatable bonds is 5. The van der Waals surface area contributed by atoms with E-state index in [1.54, 1.807) is 24.5 Å². The molecule has 6 nitrogen and oxygen atoms in total. The van der Waals surface area contributed by atoms with Crippen LogP contribution in [0.3, 0.4) is 0 Å². The zero-order chi connectivity index (χ0) is 17.8. The molecule has 2 aromatic heterocycles. The Bertz CT molecular complexity index is 723. The van der Waals surface area contributed by atoms with Crippen molar-refractivity contribution in [3.63, 3.8) is 0 Å². The highest BCUT2D eigenvalue weighted by atomic mass is 16.1. The lowest BCUT2D eigenvalue weighted by Gasteiger charge is -2.26. The molecule has 1 amide bonds. The first-order valence-electron chi connectivity index (χ1n) is 9.69. The first kappa shape index (κ1) is 17.2. The second kappa shape index (κ2) is 7.99. The number of hydrogen-bond donors (Lipinski definition) is 1. The van der Waals surface area contributed by atoms with E-state index in [0.29, 0.717) is 18.0 Å². The molecule has 0 aromatic carbocycles. The molecule has 1 aliphatic carbocycles. The zero-order valence-corrected chi connectivity index (χ0v) is 15.2. The summed E-state index contributed by atoms with van der Waals surface area (Å²) in [6, 6.07) is 5.71. The van der Waals surface area contributed by atoms with Crippen LogP contribution >= 0.6 is 0 Å². The molecule has 1 N–H and O–H groups in total. The molecule has 0 radical (unpaired) electrons. The van der Waals surface area contributed by atoms with Crippen LogP contribution in [0.15, 0.2) is 36.8 Å². The largest absolute Gasteiger partial charge is 0.352 e. The molecule has 3 heterocycles. The van der Waals surface area contributed by atoms with Gasteiger partial charge in [-0.05, 0) is 37.0 Å². The predicted octanol–water partition coefficient (Wildman–Crippen LogP) is 2.33. The number of fused-ring (bicyclic) bond motifs is 1. The molecule has 2 aliphatic rings. The van der Waals surface area contributed by atoms with Crippen molar-refractivity contribution in [2.45, 2.75) is 38.8 Å². The number of carbonyl (C=O) groups is 1. The number of carbonyl (C=O) groups excluding carboxylic acids is 1. The van der Waals surface area contributed by atoms with Crippen molar-refractivity contribution in [1.29, 1.82) is 0 Å². The van der Waals surface area contributed by atoms with Crippen LogP contribution in [0.25, 0.3) is 0 Å². The molecule has 0 unspecified atom stereocenters. The summed E-state index contributed by atoms with van der Waals surface area (Å²) in [6.07, 6.45) is 10.7. The highest BCUT2D eigenvalue weighted by Crippen LogP contribution is 2.27. The molecular weight excluding hydrogens is 326 g/mol. The van der Waals surface area contributed by atoms with Gasteiger partial charge in [0.05, 0.1) is 11.3 Å². The van der Waals surface area contributed by atoms with Crippen LogP contribution in [0.1, 0.15) is 41.7 Å². The molecule has 1 fully saturated rings. The minimum absolute atomic E-state index is 0.0506. The SMILES string of the molecule is O=C(NC[C@@H]1CN(CC2CCCC2)Cc2ccnn2C1)c1cccnc1. The van der Waals surface area contributed by atoms with Gasteiger partial charge in [0, 0.05) is 57.2 Å². The summed E-state index contributed by atoms with van der Waals surface area (Å²) in [5.74, 6) is 1.14. The Morgan fingerprint density at radius 2 is 2.04 bits per heavy atom. The van der Waals surface area contributed by atoms with E-state index < -0.39 is 0 Å². The summed E-state index contributed by atoms with van der Waals surface area (Å²) in [7, 11) is 0. The quantitative estimate of drug-likeness (QED) is 0.896. The molecule has 2 aromatic rings. The van der Waals surface area contributed by atoms with Gasteiger partial charge in [0.1, 0.15) is 0 Å². The van der Waals surface area contributed by atoms with Crippen LogP contribution in [0, 0.1) is 11.8 Å². The van der Waals surface area contributed by atoms with Gasteiger partial charge in [-0.15, -0.1) is 0 Å². The highest BCUT2D eigenvalue weighted by Gasteiger charge is 2.26. The Labute approximate surface area is 154 Å². The van der Waals surface area contributed by atoms with E-state index in [4.69, 9.17) is 0 Å². The topological polar surface area (TPSA) is 63.1 Å². The van der Waals surface area contributed by atoms with E-state index >= 15 is 0 Å². The lowest BCUT2D eigenvalue weighted by atomic mass is 10.1. The van der Waals surface area contributed by atoms with Crippen molar-refractivity contribution in [3.8, 4) is 0 Å². The Morgan fingerprint density at radius 1 is 1.15 bits per heavy atom. The molecule has 26 heavy (non-hydrogen) atoms. The van der Waals surface area contributed by atoms with E-state index in [2.05, 4.69) is 31.0 Å². The smallest absolute Gasteiger partial charge is 0.252 e. The number of aromatic nitrogens is 3. The van der Waals surface area contributed by atoms with Gasteiger partial charge < -0.3 is 5.32 Å². The van der Waals surface area contributed by atoms with Crippen LogP contribution in [0.4, 0.5) is 0 Å². The van der Waals surface area contributed by atoms with Crippen molar-refractivity contribution < 1.29 is 4.79 Å². The number of amides is 1. The molecular formula is C20H27N5O. The number of nitrogens with one attached hydrogen (secondary N) is 1. The average Bonchev–Trinajstić information content (AvgIpc) is 3.29. The van der Waals surface area contributed by atoms with Gasteiger partial charge in [-0.2, -0.15) is 5.10 Å². The maximum absolute atomic E-state index is 12.3. The Kier molecular flexibility index (Phi) is 5.29. The van der Waals surface area contributed by atoms with Gasteiger partial charge in [-0.25, -0.2) is 0 Å². The summed E-state index contributed by atoms with van der Waals surface area (Å²) in [4.78, 5) is 18.9. The van der Waals surface area contributed by atoms with E-state index in [1.165, 1.54) is 31.4 Å². The Balaban J connectivity index is 1.40. The van der Waals surface area contributed by atoms with Gasteiger partial charge in [0.2, 0.25) is 0 Å². The van der Waals surface area contributed by atoms with Crippen LogP contribution in [-0.4, -0.2) is 45.2 Å². The van der Waals surface area contributed by atoms with E-state index in [9.17, 15) is 4.79 Å². The third-order valence-corrected chi connectivity index (χ3v) is 5.60. The average molecular weight is 353 g/mol. The number of hydrogen-bond acceptors (Lipinski definition) is 4. The summed E-state index contributed by atoms with van der Waals surface area (Å²) in [5, 5.41) is 7.57. The molecule has 1 aliphatic heterocycles. The minimum atomic E-state index is -0.0506. The fourth-order valence-corrected chi connectivity index (χ4v) is 4.28. The summed E-state index contributed by atoms with van der Waals surface area (Å²) in [6.45, 7) is 4.65. The van der Waals surface area contributed by atoms with E-state index in [1.807, 2.05) is 6.20 Å². The normalized spacial score (nSPS) is 21.3. The lowest BCUT2D eigenvalue weighted by Crippen LogP contribution is -2.38. The second-order valence-electron chi connectivity index (χ2n) is 7.67. The van der Waals surface area contributed by atoms with Crippen molar-refractivity contribution in [2.24, 2.45) is 11.8 Å². The molecule has 0 saturated heterocycles. The Morgan fingerprint density at radius 3 is 2.85 bits per heavy atom. The maximum Gasteiger partial charge on any atom is 0.252 e. The summed E-state index contributed by atoms with van der Waals surface area (Å²) >= 11 is 0. The van der Waals surface area contributed by atoms with Gasteiger partial charge in [-0.1, -0.05) is 12.8 Å². The standard InChI is InChI=1S/C20H27N5O/c26-20(18-6-3-8-21-11-18)22-10-17-13-24(12-16-4-1-2-5-16)15-19-7-9-23-25(19)14-17/h3,6-9,11,16-17H,1-2,4-5,10,12-15H2,(H,22,26)/t17-/m1/s1.